The number of hydrogen-bond donors (Lipinski definition) is 6. The highest BCUT2D eigenvalue weighted by atomic mass is 32.1. The molecule has 0 bridgehead atoms. The summed E-state index contributed by atoms with van der Waals surface area (Å²) in [5.74, 6) is -6.11. The second kappa shape index (κ2) is 12.6. The van der Waals surface area contributed by atoms with Gasteiger partial charge in [0.2, 0.25) is 5.91 Å². The van der Waals surface area contributed by atoms with E-state index in [0.717, 1.165) is 17.4 Å². The molecule has 0 saturated carbocycles. The number of benzene rings is 1. The summed E-state index contributed by atoms with van der Waals surface area (Å²) in [6.07, 6.45) is -5.58. The highest BCUT2D eigenvalue weighted by Crippen LogP contribution is 2.32. The topological polar surface area (TPSA) is 200 Å². The number of carbonyl (C=O) groups excluding carboxylic acids is 2. The van der Waals surface area contributed by atoms with Crippen molar-refractivity contribution in [1.29, 1.82) is 5.41 Å². The molecule has 0 aliphatic rings. The number of nitrogen functional groups attached to an aromatic ring is 1. The van der Waals surface area contributed by atoms with Gasteiger partial charge in [-0.2, -0.15) is 13.2 Å². The fourth-order valence-corrected chi connectivity index (χ4v) is 3.62. The number of amidine groups is 1. The number of carboxylic acid groups (broad SMARTS) is 1. The molecule has 7 N–H and O–H groups in total. The molecule has 1 aromatic heterocycles. The number of nitrogens with one attached hydrogen (secondary N) is 2. The Morgan fingerprint density at radius 1 is 1.22 bits per heavy atom. The number of hydrogen-bond acceptors (Lipinski definition) is 7. The van der Waals surface area contributed by atoms with E-state index >= 15 is 0 Å². The Kier molecular flexibility index (Phi) is 10.7. The molecule has 0 saturated heterocycles. The first kappa shape index (κ1) is 30.7. The summed E-state index contributed by atoms with van der Waals surface area (Å²) in [7, 11) is -4.34. The first-order valence-corrected chi connectivity index (χ1v) is 12.1. The number of nitrogens with two attached hydrogens (primary N) is 1. The zero-order valence-electron chi connectivity index (χ0n) is 18.2. The summed E-state index contributed by atoms with van der Waals surface area (Å²) < 4.78 is 61.6. The lowest BCUT2D eigenvalue weighted by Crippen LogP contribution is -2.30. The van der Waals surface area contributed by atoms with Crippen LogP contribution in [0.15, 0.2) is 30.3 Å². The number of esters is 1. The standard InChI is InChI=1S/C17H19FN3O6PS.C2HF3O2/c1-9(16(22)21-8-28(24,25)26)6-11-3-5-14(29-11)17(23)27-13-4-2-10(15(19)20)7-12(13)18;3-2(4,5)1(6)7/h2-5,7,9H,6,8H2,1H3,(H3,19,20)(H,21,22)(H2,24,25,26);(H,6,7). The number of halogens is 4. The highest BCUT2D eigenvalue weighted by Gasteiger charge is 2.38. The number of aliphatic carboxylic acids is 1. The van der Waals surface area contributed by atoms with Crippen LogP contribution in [0.25, 0.3) is 0 Å². The van der Waals surface area contributed by atoms with E-state index < -0.39 is 49.6 Å². The fourth-order valence-electron chi connectivity index (χ4n) is 2.25. The SMILES string of the molecule is CC(Cc1ccc(C(=O)Oc2ccc(C(=N)N)cc2F)s1)C(=O)NCP(=O)(O)O.O=C(O)C(F)(F)F. The molecule has 1 atom stereocenters. The number of thiophene rings is 1. The lowest BCUT2D eigenvalue weighted by molar-refractivity contribution is -0.192. The Hall–Kier alpha value is -3.33. The molecule has 11 nitrogen and oxygen atoms in total. The average Bonchev–Trinajstić information content (AvgIpc) is 3.21. The third-order valence-corrected chi connectivity index (χ3v) is 5.62. The van der Waals surface area contributed by atoms with E-state index in [1.54, 1.807) is 13.0 Å². The van der Waals surface area contributed by atoms with Crippen LogP contribution in [-0.4, -0.2) is 51.0 Å². The van der Waals surface area contributed by atoms with Crippen LogP contribution in [-0.2, 0) is 20.6 Å². The second-order valence-corrected chi connectivity index (χ2v) is 9.80. The zero-order chi connectivity index (χ0) is 27.8. The summed E-state index contributed by atoms with van der Waals surface area (Å²) in [4.78, 5) is 51.4. The predicted molar refractivity (Wildman–Crippen MR) is 118 cm³/mol. The third-order valence-electron chi connectivity index (χ3n) is 3.97. The maximum atomic E-state index is 14.0. The molecule has 0 aliphatic heterocycles. The van der Waals surface area contributed by atoms with Crippen molar-refractivity contribution < 1.29 is 56.1 Å². The van der Waals surface area contributed by atoms with Gasteiger partial charge in [0.1, 0.15) is 17.0 Å². The van der Waals surface area contributed by atoms with Gasteiger partial charge < -0.3 is 30.7 Å². The molecule has 1 heterocycles. The maximum absolute atomic E-state index is 14.0. The number of alkyl halides is 3. The van der Waals surface area contributed by atoms with E-state index in [1.165, 1.54) is 18.2 Å². The molecule has 1 unspecified atom stereocenters. The Bertz CT molecular complexity index is 1180. The summed E-state index contributed by atoms with van der Waals surface area (Å²) >= 11 is 1.06. The van der Waals surface area contributed by atoms with Crippen LogP contribution in [0, 0.1) is 17.1 Å². The second-order valence-electron chi connectivity index (χ2n) is 6.99. The van der Waals surface area contributed by atoms with Crippen LogP contribution in [0.3, 0.4) is 0 Å². The molecule has 198 valence electrons. The summed E-state index contributed by atoms with van der Waals surface area (Å²) in [6, 6.07) is 6.63. The number of rotatable bonds is 8. The Labute approximate surface area is 204 Å². The number of carboxylic acids is 1. The quantitative estimate of drug-likeness (QED) is 0.0704. The van der Waals surface area contributed by atoms with Crippen LogP contribution in [0.5, 0.6) is 5.75 Å². The van der Waals surface area contributed by atoms with Crippen molar-refractivity contribution in [3.05, 3.63) is 51.5 Å². The van der Waals surface area contributed by atoms with Crippen molar-refractivity contribution in [2.45, 2.75) is 19.5 Å². The normalized spacial score (nSPS) is 12.1. The largest absolute Gasteiger partial charge is 0.490 e. The van der Waals surface area contributed by atoms with Gasteiger partial charge >= 0.3 is 25.7 Å². The lowest BCUT2D eigenvalue weighted by Gasteiger charge is -2.11. The van der Waals surface area contributed by atoms with Crippen molar-refractivity contribution >= 4 is 42.6 Å². The smallest absolute Gasteiger partial charge is 0.475 e. The molecule has 2 aromatic rings. The van der Waals surface area contributed by atoms with Gasteiger partial charge in [-0.3, -0.25) is 14.8 Å². The molecule has 0 aliphatic carbocycles. The maximum Gasteiger partial charge on any atom is 0.490 e. The minimum atomic E-state index is -5.08. The number of amides is 1. The number of carbonyl (C=O) groups is 3. The van der Waals surface area contributed by atoms with Crippen molar-refractivity contribution in [2.24, 2.45) is 11.7 Å². The molecule has 1 aromatic carbocycles. The fraction of sp³-hybridized carbons (Fsp3) is 0.263. The van der Waals surface area contributed by atoms with Crippen LogP contribution >= 0.6 is 18.9 Å². The van der Waals surface area contributed by atoms with Crippen LogP contribution in [0.2, 0.25) is 0 Å². The van der Waals surface area contributed by atoms with Gasteiger partial charge in [0.15, 0.2) is 11.6 Å². The van der Waals surface area contributed by atoms with Gasteiger partial charge in [-0.25, -0.2) is 14.0 Å². The summed E-state index contributed by atoms with van der Waals surface area (Å²) in [6.45, 7) is 1.58. The minimum Gasteiger partial charge on any atom is -0.475 e. The monoisotopic (exact) mass is 557 g/mol. The van der Waals surface area contributed by atoms with Gasteiger partial charge in [-0.1, -0.05) is 6.92 Å². The molecule has 2 rings (SSSR count). The summed E-state index contributed by atoms with van der Waals surface area (Å²) in [5, 5.41) is 16.6. The van der Waals surface area contributed by atoms with Crippen molar-refractivity contribution in [3.8, 4) is 5.75 Å². The first-order chi connectivity index (χ1) is 16.4. The molecule has 0 radical (unpaired) electrons. The highest BCUT2D eigenvalue weighted by molar-refractivity contribution is 7.51. The zero-order valence-corrected chi connectivity index (χ0v) is 19.9. The lowest BCUT2D eigenvalue weighted by atomic mass is 10.1. The van der Waals surface area contributed by atoms with Crippen LogP contribution < -0.4 is 15.8 Å². The van der Waals surface area contributed by atoms with E-state index in [2.05, 4.69) is 5.32 Å². The van der Waals surface area contributed by atoms with E-state index in [4.69, 9.17) is 35.6 Å². The van der Waals surface area contributed by atoms with Crippen molar-refractivity contribution in [1.82, 2.24) is 5.32 Å². The van der Waals surface area contributed by atoms with Gasteiger partial charge in [-0.15, -0.1) is 11.3 Å². The van der Waals surface area contributed by atoms with Gasteiger partial charge in [0.05, 0.1) is 0 Å². The van der Waals surface area contributed by atoms with E-state index in [-0.39, 0.29) is 28.4 Å². The molecule has 0 spiro atoms. The van der Waals surface area contributed by atoms with E-state index in [0.29, 0.717) is 4.88 Å². The Balaban J connectivity index is 0.000000809. The Morgan fingerprint density at radius 2 is 1.81 bits per heavy atom. The average molecular weight is 557 g/mol. The molecule has 0 fully saturated rings. The minimum absolute atomic E-state index is 0.159. The molecular weight excluding hydrogens is 537 g/mol. The van der Waals surface area contributed by atoms with Crippen molar-refractivity contribution in [2.75, 3.05) is 6.29 Å². The molecule has 17 heteroatoms. The molecular formula is C19H20F4N3O8PS. The van der Waals surface area contributed by atoms with E-state index in [1.807, 2.05) is 0 Å². The Morgan fingerprint density at radius 3 is 2.28 bits per heavy atom. The summed E-state index contributed by atoms with van der Waals surface area (Å²) in [5.41, 5.74) is 5.43. The van der Waals surface area contributed by atoms with E-state index in [9.17, 15) is 31.7 Å². The van der Waals surface area contributed by atoms with Crippen LogP contribution in [0.4, 0.5) is 17.6 Å². The molecule has 1 amide bonds. The number of ether oxygens (including phenoxy) is 1. The van der Waals surface area contributed by atoms with Crippen molar-refractivity contribution in [3.63, 3.8) is 0 Å². The van der Waals surface area contributed by atoms with Gasteiger partial charge in [0, 0.05) is 16.4 Å². The third kappa shape index (κ3) is 10.5. The first-order valence-electron chi connectivity index (χ1n) is 9.48. The van der Waals surface area contributed by atoms with Gasteiger partial charge in [0.25, 0.3) is 0 Å². The molecule has 36 heavy (non-hydrogen) atoms. The van der Waals surface area contributed by atoms with Gasteiger partial charge in [-0.05, 0) is 36.8 Å². The predicted octanol–water partition coefficient (Wildman–Crippen LogP) is 2.45. The van der Waals surface area contributed by atoms with Crippen LogP contribution in [0.1, 0.15) is 27.0 Å².